The van der Waals surface area contributed by atoms with Gasteiger partial charge in [0.1, 0.15) is 5.69 Å². The lowest BCUT2D eigenvalue weighted by Gasteiger charge is -2.26. The molecular weight excluding hydrogens is 316 g/mol. The number of aromatic amines is 1. The number of carbonyl (C=O) groups excluding carboxylic acids is 2. The minimum Gasteiger partial charge on any atom is -0.351 e. The molecular formula is C19H26N4O2. The molecule has 0 radical (unpaired) electrons. The van der Waals surface area contributed by atoms with Gasteiger partial charge in [-0.25, -0.2) is 0 Å². The van der Waals surface area contributed by atoms with Gasteiger partial charge in [0.25, 0.3) is 5.91 Å². The Morgan fingerprint density at radius 3 is 2.88 bits per heavy atom. The van der Waals surface area contributed by atoms with Gasteiger partial charge in [0, 0.05) is 38.1 Å². The number of hydrogen-bond donors (Lipinski definition) is 2. The van der Waals surface area contributed by atoms with E-state index >= 15 is 0 Å². The maximum Gasteiger partial charge on any atom is 0.267 e. The van der Waals surface area contributed by atoms with Crippen LogP contribution in [0.4, 0.5) is 0 Å². The molecule has 3 rings (SSSR count). The van der Waals surface area contributed by atoms with E-state index in [0.29, 0.717) is 12.2 Å². The molecule has 1 fully saturated rings. The minimum absolute atomic E-state index is 0.000548. The Morgan fingerprint density at radius 1 is 1.32 bits per heavy atom. The molecule has 1 aromatic carbocycles. The second-order valence-electron chi connectivity index (χ2n) is 6.81. The molecule has 2 amide bonds. The van der Waals surface area contributed by atoms with Crippen LogP contribution in [0, 0.1) is 0 Å². The number of fused-ring (bicyclic) bond motifs is 1. The van der Waals surface area contributed by atoms with Crippen LogP contribution in [0.3, 0.4) is 0 Å². The molecule has 0 unspecified atom stereocenters. The molecule has 0 saturated carbocycles. The molecule has 6 nitrogen and oxygen atoms in total. The van der Waals surface area contributed by atoms with Gasteiger partial charge in [-0.3, -0.25) is 14.5 Å². The first-order valence-electron chi connectivity index (χ1n) is 8.87. The second kappa shape index (κ2) is 7.70. The number of H-pyrrole nitrogens is 1. The molecule has 6 heteroatoms. The summed E-state index contributed by atoms with van der Waals surface area (Å²) in [5, 5.41) is 4.00. The summed E-state index contributed by atoms with van der Waals surface area (Å²) in [6.45, 7) is 2.39. The zero-order chi connectivity index (χ0) is 17.8. The number of rotatable bonds is 6. The van der Waals surface area contributed by atoms with E-state index in [9.17, 15) is 9.59 Å². The molecule has 2 aromatic rings. The summed E-state index contributed by atoms with van der Waals surface area (Å²) in [5.41, 5.74) is 1.55. The number of amides is 2. The maximum atomic E-state index is 12.3. The standard InChI is InChI=1S/C19H26N4O2/c1-22(2)19(25)17-9-5-11-23(17)12-6-10-20-18(24)16-13-14-7-3-4-8-15(14)21-16/h3-4,7-8,13,17,21H,5-6,9-12H2,1-2H3,(H,20,24)/t17-/m1/s1. The molecule has 25 heavy (non-hydrogen) atoms. The molecule has 0 aliphatic carbocycles. The fourth-order valence-corrected chi connectivity index (χ4v) is 3.45. The first-order valence-corrected chi connectivity index (χ1v) is 8.87. The van der Waals surface area contributed by atoms with Gasteiger partial charge in [-0.2, -0.15) is 0 Å². The molecule has 0 spiro atoms. The van der Waals surface area contributed by atoms with Gasteiger partial charge in [0.05, 0.1) is 6.04 Å². The highest BCUT2D eigenvalue weighted by atomic mass is 16.2. The predicted molar refractivity (Wildman–Crippen MR) is 98.5 cm³/mol. The van der Waals surface area contributed by atoms with Gasteiger partial charge < -0.3 is 15.2 Å². The lowest BCUT2D eigenvalue weighted by Crippen LogP contribution is -2.43. The molecule has 2 N–H and O–H groups in total. The van der Waals surface area contributed by atoms with Gasteiger partial charge in [-0.05, 0) is 37.9 Å². The van der Waals surface area contributed by atoms with Crippen LogP contribution in [-0.2, 0) is 4.79 Å². The van der Waals surface area contributed by atoms with Gasteiger partial charge in [-0.1, -0.05) is 18.2 Å². The number of hydrogen-bond acceptors (Lipinski definition) is 3. The number of nitrogens with one attached hydrogen (secondary N) is 2. The van der Waals surface area contributed by atoms with Crippen LogP contribution in [0.1, 0.15) is 29.8 Å². The minimum atomic E-state index is -0.0847. The summed E-state index contributed by atoms with van der Waals surface area (Å²) < 4.78 is 0. The first kappa shape index (κ1) is 17.5. The number of nitrogens with zero attached hydrogens (tertiary/aromatic N) is 2. The molecule has 1 saturated heterocycles. The third-order valence-corrected chi connectivity index (χ3v) is 4.77. The number of aromatic nitrogens is 1. The van der Waals surface area contributed by atoms with E-state index in [1.807, 2.05) is 30.3 Å². The Hall–Kier alpha value is -2.34. The summed E-state index contributed by atoms with van der Waals surface area (Å²) in [6, 6.07) is 9.72. The Kier molecular flexibility index (Phi) is 5.38. The predicted octanol–water partition coefficient (Wildman–Crippen LogP) is 1.84. The van der Waals surface area contributed by atoms with Crippen LogP contribution in [0.5, 0.6) is 0 Å². The van der Waals surface area contributed by atoms with Crippen LogP contribution in [-0.4, -0.2) is 66.4 Å². The smallest absolute Gasteiger partial charge is 0.267 e. The van der Waals surface area contributed by atoms with Crippen molar-refractivity contribution in [3.05, 3.63) is 36.0 Å². The number of likely N-dealkylation sites (N-methyl/N-ethyl adjacent to an activating group) is 1. The summed E-state index contributed by atoms with van der Waals surface area (Å²) in [5.74, 6) is 0.0955. The highest BCUT2D eigenvalue weighted by Crippen LogP contribution is 2.19. The molecule has 1 aliphatic heterocycles. The monoisotopic (exact) mass is 342 g/mol. The van der Waals surface area contributed by atoms with Crippen molar-refractivity contribution in [1.29, 1.82) is 0 Å². The van der Waals surface area contributed by atoms with Crippen molar-refractivity contribution in [2.75, 3.05) is 33.7 Å². The van der Waals surface area contributed by atoms with Crippen molar-refractivity contribution in [2.24, 2.45) is 0 Å². The van der Waals surface area contributed by atoms with Crippen LogP contribution in [0.25, 0.3) is 10.9 Å². The van der Waals surface area contributed by atoms with E-state index < -0.39 is 0 Å². The zero-order valence-corrected chi connectivity index (χ0v) is 14.9. The van der Waals surface area contributed by atoms with E-state index in [2.05, 4.69) is 15.2 Å². The summed E-state index contributed by atoms with van der Waals surface area (Å²) in [4.78, 5) is 31.5. The lowest BCUT2D eigenvalue weighted by atomic mass is 10.2. The van der Waals surface area contributed by atoms with Crippen molar-refractivity contribution in [3.8, 4) is 0 Å². The number of para-hydroxylation sites is 1. The molecule has 1 atom stereocenters. The van der Waals surface area contributed by atoms with Crippen molar-refractivity contribution in [1.82, 2.24) is 20.1 Å². The zero-order valence-electron chi connectivity index (χ0n) is 14.9. The molecule has 0 bridgehead atoms. The lowest BCUT2D eigenvalue weighted by molar-refractivity contribution is -0.133. The molecule has 2 heterocycles. The SMILES string of the molecule is CN(C)C(=O)[C@H]1CCCN1CCCNC(=O)c1cc2ccccc2[nH]1. The molecule has 1 aromatic heterocycles. The average molecular weight is 342 g/mol. The average Bonchev–Trinajstić information content (AvgIpc) is 3.24. The normalized spacial score (nSPS) is 17.8. The maximum absolute atomic E-state index is 12.3. The highest BCUT2D eigenvalue weighted by Gasteiger charge is 2.30. The van der Waals surface area contributed by atoms with E-state index in [0.717, 1.165) is 43.3 Å². The quantitative estimate of drug-likeness (QED) is 0.787. The third-order valence-electron chi connectivity index (χ3n) is 4.77. The van der Waals surface area contributed by atoms with Crippen molar-refractivity contribution in [3.63, 3.8) is 0 Å². The summed E-state index contributed by atoms with van der Waals surface area (Å²) >= 11 is 0. The van der Waals surface area contributed by atoms with Gasteiger partial charge in [-0.15, -0.1) is 0 Å². The van der Waals surface area contributed by atoms with Crippen LogP contribution in [0.2, 0.25) is 0 Å². The first-order chi connectivity index (χ1) is 12.1. The fourth-order valence-electron chi connectivity index (χ4n) is 3.45. The topological polar surface area (TPSA) is 68.4 Å². The second-order valence-corrected chi connectivity index (χ2v) is 6.81. The summed E-state index contributed by atoms with van der Waals surface area (Å²) in [6.07, 6.45) is 2.83. The largest absolute Gasteiger partial charge is 0.351 e. The Morgan fingerprint density at radius 2 is 2.12 bits per heavy atom. The Bertz CT molecular complexity index is 720. The fraction of sp³-hybridized carbons (Fsp3) is 0.474. The Labute approximate surface area is 148 Å². The molecule has 1 aliphatic rings. The van der Waals surface area contributed by atoms with Crippen molar-refractivity contribution < 1.29 is 9.59 Å². The number of benzene rings is 1. The number of likely N-dealkylation sites (tertiary alicyclic amines) is 1. The summed E-state index contributed by atoms with van der Waals surface area (Å²) in [7, 11) is 3.61. The number of carbonyl (C=O) groups is 2. The van der Waals surface area contributed by atoms with Crippen molar-refractivity contribution >= 4 is 22.7 Å². The van der Waals surface area contributed by atoms with Gasteiger partial charge in [0.15, 0.2) is 0 Å². The van der Waals surface area contributed by atoms with E-state index in [1.165, 1.54) is 0 Å². The van der Waals surface area contributed by atoms with Crippen molar-refractivity contribution in [2.45, 2.75) is 25.3 Å². The highest BCUT2D eigenvalue weighted by molar-refractivity contribution is 5.97. The van der Waals surface area contributed by atoms with Gasteiger partial charge in [0.2, 0.25) is 5.91 Å². The van der Waals surface area contributed by atoms with E-state index in [4.69, 9.17) is 0 Å². The van der Waals surface area contributed by atoms with Crippen LogP contribution >= 0.6 is 0 Å². The third kappa shape index (κ3) is 4.02. The van der Waals surface area contributed by atoms with E-state index in [1.54, 1.807) is 19.0 Å². The molecule has 134 valence electrons. The Balaban J connectivity index is 1.46. The van der Waals surface area contributed by atoms with Crippen LogP contribution < -0.4 is 5.32 Å². The van der Waals surface area contributed by atoms with E-state index in [-0.39, 0.29) is 17.9 Å². The van der Waals surface area contributed by atoms with Crippen LogP contribution in [0.15, 0.2) is 30.3 Å². The van der Waals surface area contributed by atoms with Gasteiger partial charge >= 0.3 is 0 Å².